The van der Waals surface area contributed by atoms with Crippen molar-refractivity contribution in [1.82, 2.24) is 5.32 Å². The molecule has 1 N–H and O–H groups in total. The van der Waals surface area contributed by atoms with Crippen LogP contribution in [0.2, 0.25) is 0 Å². The average molecular weight is 287 g/mol. The highest BCUT2D eigenvalue weighted by molar-refractivity contribution is 5.46. The van der Waals surface area contributed by atoms with E-state index in [1.165, 1.54) is 7.11 Å². The van der Waals surface area contributed by atoms with Crippen molar-refractivity contribution in [3.8, 4) is 11.5 Å². The lowest BCUT2D eigenvalue weighted by atomic mass is 10.1. The first-order chi connectivity index (χ1) is 9.70. The van der Waals surface area contributed by atoms with Crippen molar-refractivity contribution >= 4 is 0 Å². The van der Waals surface area contributed by atoms with Crippen molar-refractivity contribution in [2.45, 2.75) is 32.1 Å². The number of hydrogen-bond acceptors (Lipinski definition) is 4. The van der Waals surface area contributed by atoms with Crippen LogP contribution < -0.4 is 14.8 Å². The highest BCUT2D eigenvalue weighted by Gasteiger charge is 2.17. The van der Waals surface area contributed by atoms with Gasteiger partial charge in [0.15, 0.2) is 11.5 Å². The van der Waals surface area contributed by atoms with Crippen LogP contribution in [0.5, 0.6) is 11.5 Å². The van der Waals surface area contributed by atoms with Crippen molar-refractivity contribution in [2.24, 2.45) is 0 Å². The molecule has 1 aromatic carbocycles. The van der Waals surface area contributed by atoms with Crippen LogP contribution in [-0.4, -0.2) is 33.0 Å². The van der Waals surface area contributed by atoms with Crippen LogP contribution >= 0.6 is 0 Å². The minimum atomic E-state index is -2.87. The molecule has 1 aliphatic rings. The quantitative estimate of drug-likeness (QED) is 0.836. The maximum Gasteiger partial charge on any atom is 0.387 e. The lowest BCUT2D eigenvalue weighted by Gasteiger charge is -2.16. The molecule has 4 nitrogen and oxygen atoms in total. The first-order valence-corrected chi connectivity index (χ1v) is 6.63. The molecule has 1 aromatic rings. The van der Waals surface area contributed by atoms with Crippen LogP contribution in [0.15, 0.2) is 18.2 Å². The lowest BCUT2D eigenvalue weighted by Crippen LogP contribution is -2.26. The summed E-state index contributed by atoms with van der Waals surface area (Å²) < 4.78 is 40.0. The van der Waals surface area contributed by atoms with Gasteiger partial charge in [-0.05, 0) is 18.9 Å². The van der Waals surface area contributed by atoms with Gasteiger partial charge in [-0.25, -0.2) is 0 Å². The summed E-state index contributed by atoms with van der Waals surface area (Å²) in [6, 6.07) is 5.09. The lowest BCUT2D eigenvalue weighted by molar-refractivity contribution is -0.0519. The normalized spacial score (nSPS) is 18.5. The second-order valence-electron chi connectivity index (χ2n) is 4.59. The molecule has 1 saturated heterocycles. The fourth-order valence-corrected chi connectivity index (χ4v) is 2.26. The third-order valence-corrected chi connectivity index (χ3v) is 3.20. The maximum atomic E-state index is 12.5. The summed E-state index contributed by atoms with van der Waals surface area (Å²) in [4.78, 5) is 0. The second-order valence-corrected chi connectivity index (χ2v) is 4.59. The van der Waals surface area contributed by atoms with E-state index >= 15 is 0 Å². The maximum absolute atomic E-state index is 12.5. The van der Waals surface area contributed by atoms with E-state index in [2.05, 4.69) is 10.1 Å². The van der Waals surface area contributed by atoms with Crippen molar-refractivity contribution in [1.29, 1.82) is 0 Å². The minimum absolute atomic E-state index is 0.0878. The van der Waals surface area contributed by atoms with Crippen molar-refractivity contribution in [3.63, 3.8) is 0 Å². The topological polar surface area (TPSA) is 39.7 Å². The Morgan fingerprint density at radius 3 is 2.95 bits per heavy atom. The third kappa shape index (κ3) is 4.05. The molecule has 1 unspecified atom stereocenters. The minimum Gasteiger partial charge on any atom is -0.493 e. The molecule has 0 bridgehead atoms. The van der Waals surface area contributed by atoms with Gasteiger partial charge in [-0.15, -0.1) is 0 Å². The van der Waals surface area contributed by atoms with Gasteiger partial charge in [0.25, 0.3) is 0 Å². The van der Waals surface area contributed by atoms with E-state index < -0.39 is 6.61 Å². The number of benzene rings is 1. The summed E-state index contributed by atoms with van der Waals surface area (Å²) in [5, 5.41) is 3.20. The fourth-order valence-electron chi connectivity index (χ4n) is 2.26. The summed E-state index contributed by atoms with van der Waals surface area (Å²) in [6.45, 7) is -0.946. The average Bonchev–Trinajstić information content (AvgIpc) is 2.93. The van der Waals surface area contributed by atoms with Crippen molar-refractivity contribution < 1.29 is 23.0 Å². The van der Waals surface area contributed by atoms with Gasteiger partial charge < -0.3 is 19.5 Å². The number of methoxy groups -OCH3 is 1. The van der Waals surface area contributed by atoms with Gasteiger partial charge in [0, 0.05) is 25.3 Å². The van der Waals surface area contributed by atoms with Gasteiger partial charge in [0.1, 0.15) is 0 Å². The molecule has 2 rings (SSSR count). The first kappa shape index (κ1) is 15.0. The van der Waals surface area contributed by atoms with Crippen molar-refractivity contribution in [3.05, 3.63) is 23.8 Å². The summed E-state index contributed by atoms with van der Waals surface area (Å²) in [5.74, 6) is 0.395. The number of halogens is 2. The van der Waals surface area contributed by atoms with Gasteiger partial charge >= 0.3 is 6.61 Å². The van der Waals surface area contributed by atoms with Crippen LogP contribution in [0.4, 0.5) is 8.78 Å². The van der Waals surface area contributed by atoms with Crippen LogP contribution in [0.1, 0.15) is 18.4 Å². The number of alkyl halides is 2. The predicted octanol–water partition coefficient (Wildman–Crippen LogP) is 2.57. The number of rotatable bonds is 7. The van der Waals surface area contributed by atoms with Crippen LogP contribution in [0, 0.1) is 0 Å². The zero-order valence-corrected chi connectivity index (χ0v) is 11.4. The van der Waals surface area contributed by atoms with Gasteiger partial charge in [-0.2, -0.15) is 8.78 Å². The summed E-state index contributed by atoms with van der Waals surface area (Å²) in [6.07, 6.45) is 2.32. The van der Waals surface area contributed by atoms with Gasteiger partial charge in [0.2, 0.25) is 0 Å². The molecule has 1 atom stereocenters. The Labute approximate surface area is 117 Å². The Morgan fingerprint density at radius 2 is 2.30 bits per heavy atom. The molecule has 1 aliphatic heterocycles. The smallest absolute Gasteiger partial charge is 0.387 e. The molecule has 0 spiro atoms. The largest absolute Gasteiger partial charge is 0.493 e. The standard InChI is InChI=1S/C14H19F2NO3/c1-18-12-6-2-4-10(13(12)20-14(15)16)8-17-9-11-5-3-7-19-11/h2,4,6,11,14,17H,3,5,7-9H2,1H3. The molecule has 1 heterocycles. The van der Waals surface area contributed by atoms with E-state index in [0.717, 1.165) is 19.4 Å². The molecule has 0 radical (unpaired) electrons. The van der Waals surface area contributed by atoms with Gasteiger partial charge in [-0.3, -0.25) is 0 Å². The molecule has 0 aromatic heterocycles. The molecule has 0 aliphatic carbocycles. The summed E-state index contributed by atoms with van der Waals surface area (Å²) in [5.41, 5.74) is 0.641. The zero-order chi connectivity index (χ0) is 14.4. The highest BCUT2D eigenvalue weighted by Crippen LogP contribution is 2.32. The number of para-hydroxylation sites is 1. The van der Waals surface area contributed by atoms with Crippen LogP contribution in [0.25, 0.3) is 0 Å². The number of hydrogen-bond donors (Lipinski definition) is 1. The Kier molecular flexibility index (Phi) is 5.55. The van der Waals surface area contributed by atoms with E-state index in [1.807, 2.05) is 0 Å². The van der Waals surface area contributed by atoms with E-state index in [9.17, 15) is 8.78 Å². The van der Waals surface area contributed by atoms with Crippen LogP contribution in [0.3, 0.4) is 0 Å². The highest BCUT2D eigenvalue weighted by atomic mass is 19.3. The molecular weight excluding hydrogens is 268 g/mol. The van der Waals surface area contributed by atoms with E-state index in [0.29, 0.717) is 24.4 Å². The van der Waals surface area contributed by atoms with Gasteiger partial charge in [-0.1, -0.05) is 12.1 Å². The monoisotopic (exact) mass is 287 g/mol. The molecule has 0 saturated carbocycles. The van der Waals surface area contributed by atoms with Crippen LogP contribution in [-0.2, 0) is 11.3 Å². The number of nitrogens with one attached hydrogen (secondary N) is 1. The van der Waals surface area contributed by atoms with E-state index in [-0.39, 0.29) is 11.9 Å². The zero-order valence-electron chi connectivity index (χ0n) is 11.4. The predicted molar refractivity (Wildman–Crippen MR) is 70.3 cm³/mol. The second kappa shape index (κ2) is 7.40. The van der Waals surface area contributed by atoms with E-state index in [1.54, 1.807) is 18.2 Å². The van der Waals surface area contributed by atoms with E-state index in [4.69, 9.17) is 9.47 Å². The van der Waals surface area contributed by atoms with Gasteiger partial charge in [0.05, 0.1) is 13.2 Å². The number of ether oxygens (including phenoxy) is 3. The Morgan fingerprint density at radius 1 is 1.45 bits per heavy atom. The SMILES string of the molecule is COc1cccc(CNCC2CCCO2)c1OC(F)F. The molecule has 112 valence electrons. The summed E-state index contributed by atoms with van der Waals surface area (Å²) in [7, 11) is 1.43. The third-order valence-electron chi connectivity index (χ3n) is 3.20. The molecule has 0 amide bonds. The molecule has 6 heteroatoms. The Bertz CT molecular complexity index is 423. The van der Waals surface area contributed by atoms with Crippen molar-refractivity contribution in [2.75, 3.05) is 20.3 Å². The molecule has 20 heavy (non-hydrogen) atoms. The first-order valence-electron chi connectivity index (χ1n) is 6.63. The molecular formula is C14H19F2NO3. The Balaban J connectivity index is 1.97. The molecule has 1 fully saturated rings. The Hall–Kier alpha value is -1.40. The fraction of sp³-hybridized carbons (Fsp3) is 0.571. The summed E-state index contributed by atoms with van der Waals surface area (Å²) >= 11 is 0.